The van der Waals surface area contributed by atoms with Gasteiger partial charge < -0.3 is 15.3 Å². The predicted octanol–water partition coefficient (Wildman–Crippen LogP) is 3.91. The van der Waals surface area contributed by atoms with Gasteiger partial charge in [0.25, 0.3) is 0 Å². The number of hydrogen-bond acceptors (Lipinski definition) is 4. The number of halogens is 1. The van der Waals surface area contributed by atoms with Crippen LogP contribution < -0.4 is 5.32 Å². The zero-order valence-electron chi connectivity index (χ0n) is 12.6. The maximum absolute atomic E-state index is 11.5. The molecule has 1 fully saturated rings. The van der Waals surface area contributed by atoms with E-state index in [0.717, 1.165) is 31.4 Å². The number of nitrogens with one attached hydrogen (secondary N) is 1. The topological polar surface area (TPSA) is 70.9 Å². The van der Waals surface area contributed by atoms with Crippen molar-refractivity contribution in [2.75, 3.05) is 12.4 Å². The highest BCUT2D eigenvalue weighted by atomic mass is 35.5. The largest absolute Gasteiger partial charge is 0.469 e. The van der Waals surface area contributed by atoms with Crippen molar-refractivity contribution < 1.29 is 14.7 Å². The van der Waals surface area contributed by atoms with Gasteiger partial charge in [0.1, 0.15) is 5.84 Å². The minimum absolute atomic E-state index is 0.0139. The Labute approximate surface area is 135 Å². The smallest absolute Gasteiger partial charge is 0.308 e. The minimum Gasteiger partial charge on any atom is -0.469 e. The Kier molecular flexibility index (Phi) is 6.07. The molecule has 1 aliphatic rings. The second-order valence-electron chi connectivity index (χ2n) is 5.62. The Hall–Kier alpha value is -1.75. The highest BCUT2D eigenvalue weighted by Crippen LogP contribution is 2.31. The molecule has 1 aromatic carbocycles. The summed E-state index contributed by atoms with van der Waals surface area (Å²) in [7, 11) is 1.43. The van der Waals surface area contributed by atoms with E-state index in [2.05, 4.69) is 10.5 Å². The number of benzene rings is 1. The maximum Gasteiger partial charge on any atom is 0.308 e. The molecule has 2 N–H and O–H groups in total. The van der Waals surface area contributed by atoms with E-state index in [9.17, 15) is 10.0 Å². The summed E-state index contributed by atoms with van der Waals surface area (Å²) in [5.74, 6) is 0.837. The molecule has 1 aliphatic carbocycles. The summed E-state index contributed by atoms with van der Waals surface area (Å²) in [6.45, 7) is 0. The van der Waals surface area contributed by atoms with Gasteiger partial charge in [-0.25, -0.2) is 0 Å². The maximum atomic E-state index is 11.5. The lowest BCUT2D eigenvalue weighted by Crippen LogP contribution is -2.25. The van der Waals surface area contributed by atoms with E-state index in [-0.39, 0.29) is 11.9 Å². The second-order valence-corrected chi connectivity index (χ2v) is 6.06. The van der Waals surface area contributed by atoms with Crippen molar-refractivity contribution in [3.05, 3.63) is 29.3 Å². The lowest BCUT2D eigenvalue weighted by atomic mass is 9.80. The van der Waals surface area contributed by atoms with Crippen molar-refractivity contribution in [1.29, 1.82) is 0 Å². The molecule has 0 aromatic heterocycles. The fourth-order valence-corrected chi connectivity index (χ4v) is 2.99. The van der Waals surface area contributed by atoms with Gasteiger partial charge >= 0.3 is 5.97 Å². The van der Waals surface area contributed by atoms with Gasteiger partial charge in [-0.2, -0.15) is 0 Å². The lowest BCUT2D eigenvalue weighted by Gasteiger charge is -2.27. The molecule has 2 rings (SSSR count). The molecule has 120 valence electrons. The molecule has 5 nitrogen and oxygen atoms in total. The third kappa shape index (κ3) is 4.63. The second kappa shape index (κ2) is 8.03. The van der Waals surface area contributed by atoms with E-state index in [4.69, 9.17) is 16.3 Å². The third-order valence-corrected chi connectivity index (χ3v) is 4.37. The van der Waals surface area contributed by atoms with Crippen LogP contribution in [0.4, 0.5) is 5.69 Å². The van der Waals surface area contributed by atoms with Crippen molar-refractivity contribution in [2.24, 2.45) is 17.0 Å². The van der Waals surface area contributed by atoms with Crippen LogP contribution in [0, 0.1) is 11.8 Å². The van der Waals surface area contributed by atoms with Crippen LogP contribution in [-0.2, 0) is 9.53 Å². The van der Waals surface area contributed by atoms with Gasteiger partial charge in [-0.15, -0.1) is 0 Å². The van der Waals surface area contributed by atoms with E-state index in [1.165, 1.54) is 7.11 Å². The highest BCUT2D eigenvalue weighted by molar-refractivity contribution is 6.30. The average molecular weight is 325 g/mol. The first-order valence-corrected chi connectivity index (χ1v) is 7.81. The monoisotopic (exact) mass is 324 g/mol. The molecular weight excluding hydrogens is 304 g/mol. The first kappa shape index (κ1) is 16.6. The fraction of sp³-hybridized carbons (Fsp3) is 0.500. The van der Waals surface area contributed by atoms with Crippen molar-refractivity contribution >= 4 is 29.1 Å². The number of carbonyl (C=O) groups is 1. The van der Waals surface area contributed by atoms with Gasteiger partial charge in [0.05, 0.1) is 13.0 Å². The predicted molar refractivity (Wildman–Crippen MR) is 86.4 cm³/mol. The van der Waals surface area contributed by atoms with Crippen molar-refractivity contribution in [2.45, 2.75) is 32.1 Å². The molecule has 0 aliphatic heterocycles. The summed E-state index contributed by atoms with van der Waals surface area (Å²) in [5.41, 5.74) is 0.834. The Balaban J connectivity index is 1.84. The van der Waals surface area contributed by atoms with Crippen LogP contribution in [-0.4, -0.2) is 24.1 Å². The summed E-state index contributed by atoms with van der Waals surface area (Å²) in [4.78, 5) is 11.5. The number of nitrogens with zero attached hydrogens (tertiary/aromatic N) is 1. The van der Waals surface area contributed by atoms with E-state index in [1.54, 1.807) is 12.1 Å². The molecule has 0 amide bonds. The van der Waals surface area contributed by atoms with Crippen molar-refractivity contribution in [1.82, 2.24) is 0 Å². The van der Waals surface area contributed by atoms with Crippen LogP contribution >= 0.6 is 11.6 Å². The summed E-state index contributed by atoms with van der Waals surface area (Å²) in [6.07, 6.45) is 4.18. The van der Waals surface area contributed by atoms with E-state index in [0.29, 0.717) is 23.2 Å². The number of amidine groups is 1. The average Bonchev–Trinajstić information content (AvgIpc) is 2.56. The molecule has 0 spiro atoms. The number of carbonyl (C=O) groups excluding carboxylic acids is 1. The van der Waals surface area contributed by atoms with Crippen molar-refractivity contribution in [3.63, 3.8) is 0 Å². The van der Waals surface area contributed by atoms with Crippen LogP contribution in [0.2, 0.25) is 5.02 Å². The van der Waals surface area contributed by atoms with Gasteiger partial charge in [0, 0.05) is 17.1 Å². The fourth-order valence-electron chi connectivity index (χ4n) is 2.86. The number of methoxy groups -OCH3 is 1. The zero-order valence-corrected chi connectivity index (χ0v) is 13.3. The molecule has 0 radical (unpaired) electrons. The van der Waals surface area contributed by atoms with Gasteiger partial charge in [-0.1, -0.05) is 16.8 Å². The molecule has 6 heteroatoms. The summed E-state index contributed by atoms with van der Waals surface area (Å²) < 4.78 is 4.79. The Bertz CT molecular complexity index is 523. The van der Waals surface area contributed by atoms with Crippen LogP contribution in [0.1, 0.15) is 32.1 Å². The third-order valence-electron chi connectivity index (χ3n) is 4.12. The van der Waals surface area contributed by atoms with Gasteiger partial charge in [0.2, 0.25) is 0 Å². The van der Waals surface area contributed by atoms with Crippen LogP contribution in [0.3, 0.4) is 0 Å². The summed E-state index contributed by atoms with van der Waals surface area (Å²) in [5, 5.41) is 16.3. The van der Waals surface area contributed by atoms with Crippen LogP contribution in [0.5, 0.6) is 0 Å². The van der Waals surface area contributed by atoms with E-state index in [1.807, 2.05) is 12.1 Å². The number of anilines is 1. The molecule has 0 saturated heterocycles. The lowest BCUT2D eigenvalue weighted by molar-refractivity contribution is -0.146. The number of hydrogen-bond donors (Lipinski definition) is 2. The molecule has 1 saturated carbocycles. The zero-order chi connectivity index (χ0) is 15.9. The van der Waals surface area contributed by atoms with Crippen LogP contribution in [0.15, 0.2) is 29.4 Å². The normalized spacial score (nSPS) is 22.2. The first-order chi connectivity index (χ1) is 10.6. The van der Waals surface area contributed by atoms with E-state index < -0.39 is 0 Å². The van der Waals surface area contributed by atoms with Crippen molar-refractivity contribution in [3.8, 4) is 0 Å². The molecule has 0 bridgehead atoms. The molecule has 1 aromatic rings. The van der Waals surface area contributed by atoms with Gasteiger partial charge in [-0.3, -0.25) is 4.79 Å². The quantitative estimate of drug-likeness (QED) is 0.289. The van der Waals surface area contributed by atoms with E-state index >= 15 is 0 Å². The molecular formula is C16H21ClN2O3. The number of ether oxygens (including phenoxy) is 1. The van der Waals surface area contributed by atoms with Crippen LogP contribution in [0.25, 0.3) is 0 Å². The number of esters is 1. The highest BCUT2D eigenvalue weighted by Gasteiger charge is 2.27. The Morgan fingerprint density at radius 2 is 1.95 bits per heavy atom. The Morgan fingerprint density at radius 3 is 2.50 bits per heavy atom. The minimum atomic E-state index is -0.117. The summed E-state index contributed by atoms with van der Waals surface area (Å²) in [6, 6.07) is 7.23. The summed E-state index contributed by atoms with van der Waals surface area (Å²) >= 11 is 5.84. The number of oxime groups is 1. The first-order valence-electron chi connectivity index (χ1n) is 7.43. The molecule has 0 unspecified atom stereocenters. The van der Waals surface area contributed by atoms with Gasteiger partial charge in [0.15, 0.2) is 0 Å². The number of rotatable bonds is 4. The SMILES string of the molecule is COC(=O)C1CCC(C/C(=N/O)Nc2ccc(Cl)cc2)CC1. The Morgan fingerprint density at radius 1 is 1.32 bits per heavy atom. The van der Waals surface area contributed by atoms with Gasteiger partial charge in [-0.05, 0) is 55.9 Å². The molecule has 0 heterocycles. The standard InChI is InChI=1S/C16H21ClN2O3/c1-22-16(20)12-4-2-11(3-5-12)10-15(19-21)18-14-8-6-13(17)7-9-14/h6-9,11-12,21H,2-5,10H2,1H3,(H,18,19). The molecule has 0 atom stereocenters. The molecule has 22 heavy (non-hydrogen) atoms.